The van der Waals surface area contributed by atoms with Crippen LogP contribution in [0, 0.1) is 6.92 Å². The van der Waals surface area contributed by atoms with Crippen LogP contribution in [0.3, 0.4) is 0 Å². The van der Waals surface area contributed by atoms with Crippen molar-refractivity contribution >= 4 is 23.2 Å². The van der Waals surface area contributed by atoms with Crippen molar-refractivity contribution < 1.29 is 19.1 Å². The molecule has 2 amide bonds. The number of fused-ring (bicyclic) bond motifs is 1. The first-order valence-corrected chi connectivity index (χ1v) is 8.93. The molecule has 3 rings (SSSR count). The van der Waals surface area contributed by atoms with Crippen LogP contribution in [-0.2, 0) is 11.2 Å². The molecule has 25 heavy (non-hydrogen) atoms. The molecule has 0 bridgehead atoms. The van der Waals surface area contributed by atoms with Gasteiger partial charge in [-0.1, -0.05) is 6.07 Å². The van der Waals surface area contributed by atoms with Gasteiger partial charge in [0.2, 0.25) is 5.91 Å². The zero-order chi connectivity index (χ0) is 17.6. The van der Waals surface area contributed by atoms with Gasteiger partial charge in [0.05, 0.1) is 11.4 Å². The van der Waals surface area contributed by atoms with Crippen LogP contribution >= 0.6 is 11.3 Å². The summed E-state index contributed by atoms with van der Waals surface area (Å²) in [6.45, 7) is 3.52. The molecule has 2 aromatic rings. The lowest BCUT2D eigenvalue weighted by Gasteiger charge is -2.18. The summed E-state index contributed by atoms with van der Waals surface area (Å²) < 4.78 is 11.0. The monoisotopic (exact) mass is 360 g/mol. The molecule has 0 spiro atoms. The van der Waals surface area contributed by atoms with Crippen molar-refractivity contribution in [2.45, 2.75) is 13.3 Å². The Labute approximate surface area is 150 Å². The van der Waals surface area contributed by atoms with E-state index in [2.05, 4.69) is 10.6 Å². The van der Waals surface area contributed by atoms with E-state index in [1.807, 2.05) is 31.2 Å². The van der Waals surface area contributed by atoms with Gasteiger partial charge in [-0.3, -0.25) is 9.59 Å². The number of aryl methyl sites for hydroxylation is 1. The van der Waals surface area contributed by atoms with Crippen LogP contribution < -0.4 is 20.1 Å². The lowest BCUT2D eigenvalue weighted by molar-refractivity contribution is -0.120. The third-order valence-corrected chi connectivity index (χ3v) is 4.72. The van der Waals surface area contributed by atoms with Gasteiger partial charge >= 0.3 is 0 Å². The molecule has 0 fully saturated rings. The molecule has 0 radical (unpaired) electrons. The van der Waals surface area contributed by atoms with Crippen LogP contribution in [-0.4, -0.2) is 38.1 Å². The van der Waals surface area contributed by atoms with E-state index in [0.29, 0.717) is 31.1 Å². The second-order valence-corrected chi connectivity index (χ2v) is 6.96. The van der Waals surface area contributed by atoms with Crippen molar-refractivity contribution in [3.05, 3.63) is 45.6 Å². The average molecular weight is 360 g/mol. The number of rotatable bonds is 6. The summed E-state index contributed by atoms with van der Waals surface area (Å²) in [6, 6.07) is 9.42. The third kappa shape index (κ3) is 4.73. The van der Waals surface area contributed by atoms with Crippen molar-refractivity contribution in [3.8, 4) is 11.5 Å². The maximum atomic E-state index is 11.9. The van der Waals surface area contributed by atoms with E-state index in [1.54, 1.807) is 6.07 Å². The SMILES string of the molecule is Cc1ccc(C(=O)NCC(=O)NCCc2ccc3c(c2)OCCO3)s1. The van der Waals surface area contributed by atoms with Gasteiger partial charge in [-0.2, -0.15) is 0 Å². The first kappa shape index (κ1) is 17.3. The fraction of sp³-hybridized carbons (Fsp3) is 0.333. The van der Waals surface area contributed by atoms with Gasteiger partial charge in [0.15, 0.2) is 11.5 Å². The van der Waals surface area contributed by atoms with Crippen LogP contribution in [0.1, 0.15) is 20.1 Å². The average Bonchev–Trinajstić information content (AvgIpc) is 3.06. The van der Waals surface area contributed by atoms with E-state index in [9.17, 15) is 9.59 Å². The molecule has 1 aromatic carbocycles. The fourth-order valence-electron chi connectivity index (χ4n) is 2.46. The Kier molecular flexibility index (Phi) is 5.55. The maximum Gasteiger partial charge on any atom is 0.261 e. The van der Waals surface area contributed by atoms with Gasteiger partial charge in [0, 0.05) is 11.4 Å². The van der Waals surface area contributed by atoms with Crippen molar-refractivity contribution in [2.24, 2.45) is 0 Å². The molecule has 6 nitrogen and oxygen atoms in total. The molecule has 1 aromatic heterocycles. The zero-order valence-electron chi connectivity index (χ0n) is 14.0. The van der Waals surface area contributed by atoms with E-state index in [0.717, 1.165) is 21.9 Å². The summed E-state index contributed by atoms with van der Waals surface area (Å²) >= 11 is 1.41. The van der Waals surface area contributed by atoms with E-state index in [1.165, 1.54) is 11.3 Å². The Hall–Kier alpha value is -2.54. The Balaban J connectivity index is 1.40. The maximum absolute atomic E-state index is 11.9. The first-order valence-electron chi connectivity index (χ1n) is 8.12. The smallest absolute Gasteiger partial charge is 0.261 e. The highest BCUT2D eigenvalue weighted by Crippen LogP contribution is 2.30. The van der Waals surface area contributed by atoms with Crippen LogP contribution in [0.4, 0.5) is 0 Å². The summed E-state index contributed by atoms with van der Waals surface area (Å²) in [4.78, 5) is 25.4. The molecular formula is C18H20N2O4S. The molecule has 0 aliphatic carbocycles. The predicted octanol–water partition coefficient (Wildman–Crippen LogP) is 1.92. The van der Waals surface area contributed by atoms with Crippen LogP contribution in [0.2, 0.25) is 0 Å². The molecular weight excluding hydrogens is 340 g/mol. The molecule has 0 unspecified atom stereocenters. The molecule has 2 heterocycles. The first-order chi connectivity index (χ1) is 12.1. The number of amides is 2. The molecule has 7 heteroatoms. The van der Waals surface area contributed by atoms with E-state index < -0.39 is 0 Å². The standard InChI is InChI=1S/C18H20N2O4S/c1-12-2-5-16(25-12)18(22)20-11-17(21)19-7-6-13-3-4-14-15(10-13)24-9-8-23-14/h2-5,10H,6-9,11H2,1H3,(H,19,21)(H,20,22). The van der Waals surface area contributed by atoms with E-state index >= 15 is 0 Å². The molecule has 132 valence electrons. The lowest BCUT2D eigenvalue weighted by Crippen LogP contribution is -2.37. The second kappa shape index (κ2) is 8.02. The van der Waals surface area contributed by atoms with Crippen molar-refractivity contribution in [1.82, 2.24) is 10.6 Å². The highest BCUT2D eigenvalue weighted by Gasteiger charge is 2.12. The molecule has 1 aliphatic rings. The Morgan fingerprint density at radius 2 is 1.88 bits per heavy atom. The number of benzene rings is 1. The van der Waals surface area contributed by atoms with Gasteiger partial charge in [0.25, 0.3) is 5.91 Å². The number of ether oxygens (including phenoxy) is 2. The number of hydrogen-bond acceptors (Lipinski definition) is 5. The Bertz CT molecular complexity index is 772. The largest absolute Gasteiger partial charge is 0.486 e. The Morgan fingerprint density at radius 1 is 1.08 bits per heavy atom. The van der Waals surface area contributed by atoms with Crippen LogP contribution in [0.5, 0.6) is 11.5 Å². The van der Waals surface area contributed by atoms with E-state index in [4.69, 9.17) is 9.47 Å². The van der Waals surface area contributed by atoms with E-state index in [-0.39, 0.29) is 18.4 Å². The molecule has 0 saturated heterocycles. The number of carbonyl (C=O) groups excluding carboxylic acids is 2. The van der Waals surface area contributed by atoms with Crippen LogP contribution in [0.25, 0.3) is 0 Å². The molecule has 0 atom stereocenters. The van der Waals surface area contributed by atoms with Gasteiger partial charge in [-0.05, 0) is 43.2 Å². The van der Waals surface area contributed by atoms with Gasteiger partial charge in [0.1, 0.15) is 13.2 Å². The van der Waals surface area contributed by atoms with Gasteiger partial charge in [-0.15, -0.1) is 11.3 Å². The molecule has 1 aliphatic heterocycles. The predicted molar refractivity (Wildman–Crippen MR) is 95.5 cm³/mol. The second-order valence-electron chi connectivity index (χ2n) is 5.67. The minimum atomic E-state index is -0.222. The minimum absolute atomic E-state index is 0.0308. The van der Waals surface area contributed by atoms with Gasteiger partial charge < -0.3 is 20.1 Å². The number of thiophene rings is 1. The van der Waals surface area contributed by atoms with Crippen molar-refractivity contribution in [1.29, 1.82) is 0 Å². The summed E-state index contributed by atoms with van der Waals surface area (Å²) in [5.74, 6) is 1.07. The minimum Gasteiger partial charge on any atom is -0.486 e. The molecule has 0 saturated carbocycles. The topological polar surface area (TPSA) is 76.7 Å². The number of hydrogen-bond donors (Lipinski definition) is 2. The fourth-order valence-corrected chi connectivity index (χ4v) is 3.24. The highest BCUT2D eigenvalue weighted by molar-refractivity contribution is 7.13. The Morgan fingerprint density at radius 3 is 2.64 bits per heavy atom. The van der Waals surface area contributed by atoms with Crippen molar-refractivity contribution in [2.75, 3.05) is 26.3 Å². The lowest BCUT2D eigenvalue weighted by atomic mass is 10.1. The normalized spacial score (nSPS) is 12.5. The van der Waals surface area contributed by atoms with Crippen LogP contribution in [0.15, 0.2) is 30.3 Å². The molecule has 2 N–H and O–H groups in total. The summed E-state index contributed by atoms with van der Waals surface area (Å²) in [5.41, 5.74) is 1.06. The quantitative estimate of drug-likeness (QED) is 0.825. The van der Waals surface area contributed by atoms with Crippen molar-refractivity contribution in [3.63, 3.8) is 0 Å². The summed E-state index contributed by atoms with van der Waals surface area (Å²) in [5, 5.41) is 5.43. The number of carbonyl (C=O) groups is 2. The third-order valence-electron chi connectivity index (χ3n) is 3.72. The van der Waals surface area contributed by atoms with Gasteiger partial charge in [-0.25, -0.2) is 0 Å². The zero-order valence-corrected chi connectivity index (χ0v) is 14.8. The number of nitrogens with one attached hydrogen (secondary N) is 2. The summed E-state index contributed by atoms with van der Waals surface area (Å²) in [6.07, 6.45) is 0.681. The highest BCUT2D eigenvalue weighted by atomic mass is 32.1. The summed E-state index contributed by atoms with van der Waals surface area (Å²) in [7, 11) is 0.